The molecule has 0 saturated carbocycles. The van der Waals surface area contributed by atoms with Crippen LogP contribution in [0.15, 0.2) is 12.3 Å². The Kier molecular flexibility index (Phi) is 4.35. The monoisotopic (exact) mass is 309 g/mol. The van der Waals surface area contributed by atoms with Gasteiger partial charge in [-0.25, -0.2) is 4.79 Å². The Hall–Kier alpha value is -1.60. The van der Waals surface area contributed by atoms with E-state index in [9.17, 15) is 9.59 Å². The van der Waals surface area contributed by atoms with Gasteiger partial charge in [-0.2, -0.15) is 0 Å². The lowest BCUT2D eigenvalue weighted by atomic mass is 10.2. The van der Waals surface area contributed by atoms with Gasteiger partial charge in [0.1, 0.15) is 0 Å². The molecule has 122 valence electrons. The van der Waals surface area contributed by atoms with Gasteiger partial charge in [-0.15, -0.1) is 0 Å². The Labute approximate surface area is 130 Å². The molecule has 0 aliphatic carbocycles. The lowest BCUT2D eigenvalue weighted by Gasteiger charge is -2.35. The number of piperazine rings is 1. The van der Waals surface area contributed by atoms with Crippen LogP contribution in [0.1, 0.15) is 13.3 Å². The van der Waals surface area contributed by atoms with Crippen molar-refractivity contribution in [2.45, 2.75) is 25.4 Å². The second kappa shape index (κ2) is 6.26. The molecule has 3 fully saturated rings. The van der Waals surface area contributed by atoms with E-state index < -0.39 is 0 Å². The van der Waals surface area contributed by atoms with Gasteiger partial charge in [0.2, 0.25) is 5.91 Å². The van der Waals surface area contributed by atoms with E-state index in [1.807, 2.05) is 4.90 Å². The summed E-state index contributed by atoms with van der Waals surface area (Å²) < 4.78 is 10.4. The minimum absolute atomic E-state index is 0.148. The van der Waals surface area contributed by atoms with Crippen LogP contribution < -0.4 is 0 Å². The van der Waals surface area contributed by atoms with Crippen LogP contribution in [0, 0.1) is 0 Å². The summed E-state index contributed by atoms with van der Waals surface area (Å²) in [6.45, 7) is 9.67. The molecule has 7 heteroatoms. The zero-order valence-electron chi connectivity index (χ0n) is 13.0. The molecular weight excluding hydrogens is 286 g/mol. The highest BCUT2D eigenvalue weighted by molar-refractivity contribution is 5.78. The number of hydrogen-bond acceptors (Lipinski definition) is 5. The summed E-state index contributed by atoms with van der Waals surface area (Å²) in [5.41, 5.74) is 0. The molecule has 22 heavy (non-hydrogen) atoms. The second-order valence-corrected chi connectivity index (χ2v) is 6.19. The normalized spacial score (nSPS) is 28.0. The third-order valence-electron chi connectivity index (χ3n) is 4.55. The summed E-state index contributed by atoms with van der Waals surface area (Å²) in [6, 6.07) is 0.405. The summed E-state index contributed by atoms with van der Waals surface area (Å²) in [5.74, 6) is 0.569. The number of carbonyl (C=O) groups excluding carboxylic acids is 2. The van der Waals surface area contributed by atoms with Gasteiger partial charge in [0.15, 0.2) is 0 Å². The number of amides is 2. The van der Waals surface area contributed by atoms with Gasteiger partial charge in [-0.3, -0.25) is 9.69 Å². The van der Waals surface area contributed by atoms with E-state index in [4.69, 9.17) is 9.47 Å². The highest BCUT2D eigenvalue weighted by atomic mass is 16.6. The van der Waals surface area contributed by atoms with Gasteiger partial charge in [0.05, 0.1) is 25.5 Å². The smallest absolute Gasteiger partial charge is 0.415 e. The molecule has 2 amide bonds. The fourth-order valence-electron chi connectivity index (χ4n) is 3.46. The van der Waals surface area contributed by atoms with Crippen molar-refractivity contribution in [2.24, 2.45) is 0 Å². The van der Waals surface area contributed by atoms with Crippen molar-refractivity contribution in [3.8, 4) is 0 Å². The van der Waals surface area contributed by atoms with Gasteiger partial charge >= 0.3 is 6.09 Å². The highest BCUT2D eigenvalue weighted by Gasteiger charge is 2.46. The number of morpholine rings is 1. The van der Waals surface area contributed by atoms with E-state index in [0.29, 0.717) is 45.2 Å². The topological polar surface area (TPSA) is 62.3 Å². The Morgan fingerprint density at radius 3 is 2.55 bits per heavy atom. The van der Waals surface area contributed by atoms with Gasteiger partial charge in [0, 0.05) is 38.3 Å². The van der Waals surface area contributed by atoms with Crippen molar-refractivity contribution in [3.05, 3.63) is 12.3 Å². The molecule has 3 heterocycles. The molecular formula is C15H23N3O4. The minimum Gasteiger partial charge on any atom is -0.416 e. The lowest BCUT2D eigenvalue weighted by molar-refractivity contribution is -0.137. The number of nitrogens with zero attached hydrogens (tertiary/aromatic N) is 3. The number of ether oxygens (including phenoxy) is 2. The molecule has 0 aromatic carbocycles. The van der Waals surface area contributed by atoms with Crippen LogP contribution in [0.25, 0.3) is 0 Å². The van der Waals surface area contributed by atoms with Crippen LogP contribution in [0.5, 0.6) is 0 Å². The molecule has 3 saturated heterocycles. The maximum absolute atomic E-state index is 12.3. The van der Waals surface area contributed by atoms with E-state index in [0.717, 1.165) is 13.0 Å². The number of fused-ring (bicyclic) bond motifs is 2. The van der Waals surface area contributed by atoms with Crippen molar-refractivity contribution in [2.75, 3.05) is 45.9 Å². The van der Waals surface area contributed by atoms with Gasteiger partial charge < -0.3 is 19.3 Å². The lowest BCUT2D eigenvalue weighted by Crippen LogP contribution is -2.52. The first kappa shape index (κ1) is 15.3. The van der Waals surface area contributed by atoms with E-state index in [1.165, 1.54) is 0 Å². The van der Waals surface area contributed by atoms with E-state index in [2.05, 4.69) is 11.5 Å². The number of rotatable bonds is 3. The van der Waals surface area contributed by atoms with Crippen LogP contribution in [0.4, 0.5) is 4.79 Å². The average molecular weight is 309 g/mol. The predicted molar refractivity (Wildman–Crippen MR) is 79.2 cm³/mol. The van der Waals surface area contributed by atoms with E-state index in [-0.39, 0.29) is 24.1 Å². The fourth-order valence-corrected chi connectivity index (χ4v) is 3.46. The Morgan fingerprint density at radius 2 is 1.95 bits per heavy atom. The third kappa shape index (κ3) is 3.10. The van der Waals surface area contributed by atoms with Crippen LogP contribution in [0.3, 0.4) is 0 Å². The maximum Gasteiger partial charge on any atom is 0.415 e. The molecule has 3 rings (SSSR count). The first-order valence-electron chi connectivity index (χ1n) is 7.78. The molecule has 3 aliphatic heterocycles. The summed E-state index contributed by atoms with van der Waals surface area (Å²) in [4.78, 5) is 30.1. The first-order valence-corrected chi connectivity index (χ1v) is 7.78. The molecule has 0 aromatic heterocycles. The quantitative estimate of drug-likeness (QED) is 0.701. The highest BCUT2D eigenvalue weighted by Crippen LogP contribution is 2.31. The third-order valence-corrected chi connectivity index (χ3v) is 4.55. The average Bonchev–Trinajstić information content (AvgIpc) is 3.07. The standard InChI is InChI=1S/C15H23N3O4/c1-11(2)22-15(20)18-9-12-7-13(18)8-17(12)10-14(19)16-3-5-21-6-4-16/h12-13H,1,3-10H2,2H3/t12-,13-/m0/s1. The van der Waals surface area contributed by atoms with Crippen LogP contribution in [-0.4, -0.2) is 84.7 Å². The SMILES string of the molecule is C=C(C)OC(=O)N1C[C@@H]2C[C@H]1CN2CC(=O)N1CCOCC1. The fraction of sp³-hybridized carbons (Fsp3) is 0.733. The van der Waals surface area contributed by atoms with Crippen LogP contribution in [0.2, 0.25) is 0 Å². The van der Waals surface area contributed by atoms with Crippen molar-refractivity contribution in [1.29, 1.82) is 0 Å². The molecule has 0 N–H and O–H groups in total. The van der Waals surface area contributed by atoms with Crippen molar-refractivity contribution < 1.29 is 19.1 Å². The zero-order valence-corrected chi connectivity index (χ0v) is 13.0. The molecule has 3 aliphatic rings. The molecule has 2 atom stereocenters. The Morgan fingerprint density at radius 1 is 1.23 bits per heavy atom. The van der Waals surface area contributed by atoms with Crippen LogP contribution in [-0.2, 0) is 14.3 Å². The predicted octanol–water partition coefficient (Wildman–Crippen LogP) is 0.274. The van der Waals surface area contributed by atoms with Crippen molar-refractivity contribution in [3.63, 3.8) is 0 Å². The minimum atomic E-state index is -0.320. The second-order valence-electron chi connectivity index (χ2n) is 6.19. The molecule has 0 unspecified atom stereocenters. The van der Waals surface area contributed by atoms with Crippen LogP contribution >= 0.6 is 0 Å². The zero-order chi connectivity index (χ0) is 15.7. The van der Waals surface area contributed by atoms with E-state index >= 15 is 0 Å². The summed E-state index contributed by atoms with van der Waals surface area (Å²) in [5, 5.41) is 0. The van der Waals surface area contributed by atoms with Crippen molar-refractivity contribution >= 4 is 12.0 Å². The number of allylic oxidation sites excluding steroid dienone is 1. The molecule has 7 nitrogen and oxygen atoms in total. The maximum atomic E-state index is 12.3. The van der Waals surface area contributed by atoms with E-state index in [1.54, 1.807) is 11.8 Å². The number of likely N-dealkylation sites (tertiary alicyclic amines) is 2. The molecule has 0 aromatic rings. The van der Waals surface area contributed by atoms with Crippen molar-refractivity contribution in [1.82, 2.24) is 14.7 Å². The molecule has 0 spiro atoms. The summed E-state index contributed by atoms with van der Waals surface area (Å²) in [6.07, 6.45) is 0.598. The number of hydrogen-bond donors (Lipinski definition) is 0. The number of carbonyl (C=O) groups is 2. The Bertz CT molecular complexity index is 475. The van der Waals surface area contributed by atoms with Gasteiger partial charge in [0.25, 0.3) is 0 Å². The molecule has 0 radical (unpaired) electrons. The molecule has 2 bridgehead atoms. The largest absolute Gasteiger partial charge is 0.416 e. The Balaban J connectivity index is 1.50. The first-order chi connectivity index (χ1) is 10.5. The summed E-state index contributed by atoms with van der Waals surface area (Å²) >= 11 is 0. The summed E-state index contributed by atoms with van der Waals surface area (Å²) in [7, 11) is 0. The van der Waals surface area contributed by atoms with Gasteiger partial charge in [-0.05, 0) is 13.3 Å². The van der Waals surface area contributed by atoms with Gasteiger partial charge in [-0.1, -0.05) is 6.58 Å².